The van der Waals surface area contributed by atoms with Crippen molar-refractivity contribution in [2.24, 2.45) is 17.8 Å². The van der Waals surface area contributed by atoms with Gasteiger partial charge in [-0.05, 0) is 38.3 Å². The van der Waals surface area contributed by atoms with Crippen LogP contribution in [0.3, 0.4) is 0 Å². The van der Waals surface area contributed by atoms with Crippen molar-refractivity contribution in [3.63, 3.8) is 0 Å². The second kappa shape index (κ2) is 13.9. The highest BCUT2D eigenvalue weighted by Crippen LogP contribution is 2.33. The minimum absolute atomic E-state index is 0.0161. The molecule has 1 aromatic carbocycles. The molecule has 0 saturated carbocycles. The number of nitrogens with zero attached hydrogens (tertiary/aromatic N) is 1. The molecule has 0 radical (unpaired) electrons. The van der Waals surface area contributed by atoms with Gasteiger partial charge in [0.1, 0.15) is 18.0 Å². The van der Waals surface area contributed by atoms with Crippen LogP contribution in [-0.4, -0.2) is 65.3 Å². The maximum Gasteiger partial charge on any atom is 0.333 e. The van der Waals surface area contributed by atoms with Crippen LogP contribution in [0.15, 0.2) is 18.2 Å². The fourth-order valence-electron chi connectivity index (χ4n) is 4.92. The Bertz CT molecular complexity index is 1020. The van der Waals surface area contributed by atoms with Crippen LogP contribution in [0.4, 0.5) is 5.69 Å². The summed E-state index contributed by atoms with van der Waals surface area (Å²) in [5, 5.41) is 12.8. The fraction of sp³-hybridized carbons (Fsp3) is 0.607. The van der Waals surface area contributed by atoms with E-state index < -0.39 is 53.7 Å². The van der Waals surface area contributed by atoms with Gasteiger partial charge in [-0.25, -0.2) is 4.79 Å². The number of likely N-dealkylation sites (N-methyl/N-ethyl adjacent to an activating group) is 1. The highest BCUT2D eigenvalue weighted by Gasteiger charge is 2.44. The number of para-hydroxylation sites is 1. The quantitative estimate of drug-likeness (QED) is 0.250. The van der Waals surface area contributed by atoms with Crippen molar-refractivity contribution in [3.05, 3.63) is 23.8 Å². The first-order valence-electron chi connectivity index (χ1n) is 13.1. The summed E-state index contributed by atoms with van der Waals surface area (Å²) in [6, 6.07) is 2.92. The van der Waals surface area contributed by atoms with Crippen LogP contribution in [0.1, 0.15) is 77.1 Å². The number of ether oxygens (including phenoxy) is 2. The molecule has 1 aliphatic heterocycles. The molecule has 2 amide bonds. The molecule has 1 aromatic rings. The molecule has 210 valence electrons. The molecule has 2 N–H and O–H groups in total. The van der Waals surface area contributed by atoms with Gasteiger partial charge in [-0.15, -0.1) is 0 Å². The van der Waals surface area contributed by atoms with Crippen molar-refractivity contribution in [3.8, 4) is 5.75 Å². The lowest BCUT2D eigenvalue weighted by atomic mass is 9.80. The molecule has 2 rings (SSSR count). The van der Waals surface area contributed by atoms with Crippen molar-refractivity contribution < 1.29 is 38.6 Å². The van der Waals surface area contributed by atoms with Crippen LogP contribution < -0.4 is 5.32 Å². The van der Waals surface area contributed by atoms with Gasteiger partial charge in [-0.2, -0.15) is 0 Å². The Labute approximate surface area is 224 Å². The normalized spacial score (nSPS) is 23.9. The Kier molecular flexibility index (Phi) is 11.3. The third kappa shape index (κ3) is 7.55. The second-order valence-electron chi connectivity index (χ2n) is 10.4. The lowest BCUT2D eigenvalue weighted by molar-refractivity contribution is -0.161. The van der Waals surface area contributed by atoms with E-state index in [1.54, 1.807) is 6.92 Å². The van der Waals surface area contributed by atoms with Crippen LogP contribution >= 0.6 is 0 Å². The van der Waals surface area contributed by atoms with E-state index in [0.717, 1.165) is 17.7 Å². The predicted molar refractivity (Wildman–Crippen MR) is 140 cm³/mol. The second-order valence-corrected chi connectivity index (χ2v) is 10.4. The molecule has 38 heavy (non-hydrogen) atoms. The maximum atomic E-state index is 13.4. The first-order valence-corrected chi connectivity index (χ1v) is 13.1. The van der Waals surface area contributed by atoms with Crippen LogP contribution in [0.5, 0.6) is 5.75 Å². The Morgan fingerprint density at radius 3 is 2.39 bits per heavy atom. The zero-order chi connectivity index (χ0) is 28.6. The van der Waals surface area contributed by atoms with E-state index in [9.17, 15) is 29.1 Å². The minimum Gasteiger partial charge on any atom is -0.505 e. The number of carbonyl (C=O) groups excluding carboxylic acids is 5. The first kappa shape index (κ1) is 30.8. The molecular weight excluding hydrogens is 492 g/mol. The third-order valence-corrected chi connectivity index (χ3v) is 6.90. The SMILES string of the molecule is CCCC[C@H]1C(=O)O[C@H](C)[C@H](N(C)C(=O)c2cccc(NC=O)c2O)C(=O)O[C@@H](C)[C@H]1CC(=O)CC(C)C. The molecule has 1 fully saturated rings. The molecule has 10 heteroatoms. The summed E-state index contributed by atoms with van der Waals surface area (Å²) in [6.45, 7) is 9.04. The zero-order valence-electron chi connectivity index (χ0n) is 23.1. The van der Waals surface area contributed by atoms with Crippen molar-refractivity contribution >= 4 is 35.7 Å². The van der Waals surface area contributed by atoms with Gasteiger partial charge >= 0.3 is 11.9 Å². The summed E-state index contributed by atoms with van der Waals surface area (Å²) in [5.41, 5.74) is -0.131. The number of amides is 2. The standard InChI is InChI=1S/C28H40N2O8/c1-7-8-10-20-22(14-19(32)13-16(2)3)17(4)37-28(36)24(18(5)38-27(20)35)30(6)26(34)21-11-9-12-23(25(21)33)29-15-31/h9,11-12,15-18,20,22,24,33H,7-8,10,13-14H2,1-6H3,(H,29,31)/t17-,18+,20+,22+,24-/m0/s1. The molecule has 5 atom stereocenters. The lowest BCUT2D eigenvalue weighted by Gasteiger charge is -2.31. The van der Waals surface area contributed by atoms with Gasteiger partial charge in [0.25, 0.3) is 5.91 Å². The lowest BCUT2D eigenvalue weighted by Crippen LogP contribution is -2.51. The van der Waals surface area contributed by atoms with Crippen molar-refractivity contribution in [1.82, 2.24) is 4.90 Å². The summed E-state index contributed by atoms with van der Waals surface area (Å²) in [7, 11) is 1.35. The summed E-state index contributed by atoms with van der Waals surface area (Å²) in [6.07, 6.45) is 0.994. The number of carbonyl (C=O) groups is 5. The maximum absolute atomic E-state index is 13.4. The molecule has 0 bridgehead atoms. The van der Waals surface area contributed by atoms with Crippen molar-refractivity contribution in [2.45, 2.75) is 85.0 Å². The van der Waals surface area contributed by atoms with E-state index in [4.69, 9.17) is 9.47 Å². The monoisotopic (exact) mass is 532 g/mol. The molecule has 1 heterocycles. The number of nitrogens with one attached hydrogen (secondary N) is 1. The highest BCUT2D eigenvalue weighted by molar-refractivity contribution is 6.01. The van der Waals surface area contributed by atoms with Crippen LogP contribution in [-0.2, 0) is 28.7 Å². The number of benzene rings is 1. The number of unbranched alkanes of at least 4 members (excludes halogenated alkanes) is 1. The largest absolute Gasteiger partial charge is 0.505 e. The Morgan fingerprint density at radius 1 is 1.13 bits per heavy atom. The van der Waals surface area contributed by atoms with Gasteiger partial charge in [-0.1, -0.05) is 39.7 Å². The summed E-state index contributed by atoms with van der Waals surface area (Å²) in [5.74, 6) is -3.60. The predicted octanol–water partition coefficient (Wildman–Crippen LogP) is 3.71. The van der Waals surface area contributed by atoms with Crippen LogP contribution in [0.25, 0.3) is 0 Å². The number of rotatable bonds is 11. The van der Waals surface area contributed by atoms with E-state index >= 15 is 0 Å². The van der Waals surface area contributed by atoms with E-state index in [2.05, 4.69) is 5.32 Å². The molecule has 0 spiro atoms. The topological polar surface area (TPSA) is 139 Å². The van der Waals surface area contributed by atoms with Gasteiger partial charge in [0.05, 0.1) is 17.2 Å². The number of aromatic hydroxyl groups is 1. The van der Waals surface area contributed by atoms with Crippen LogP contribution in [0.2, 0.25) is 0 Å². The molecule has 0 unspecified atom stereocenters. The number of Topliss-reactive ketones (excluding diaryl/α,β-unsaturated/α-hetero) is 1. The van der Waals surface area contributed by atoms with Gasteiger partial charge in [0, 0.05) is 25.8 Å². The Morgan fingerprint density at radius 2 is 1.79 bits per heavy atom. The molecule has 10 nitrogen and oxygen atoms in total. The molecule has 0 aliphatic carbocycles. The fourth-order valence-corrected chi connectivity index (χ4v) is 4.92. The molecule has 1 saturated heterocycles. The van der Waals surface area contributed by atoms with E-state index in [-0.39, 0.29) is 29.4 Å². The number of phenolic OH excluding ortho intramolecular Hbond substituents is 1. The van der Waals surface area contributed by atoms with E-state index in [1.165, 1.54) is 32.2 Å². The third-order valence-electron chi connectivity index (χ3n) is 6.90. The number of hydrogen-bond donors (Lipinski definition) is 2. The number of esters is 2. The number of anilines is 1. The van der Waals surface area contributed by atoms with E-state index in [0.29, 0.717) is 19.3 Å². The average Bonchev–Trinajstić information content (AvgIpc) is 2.86. The van der Waals surface area contributed by atoms with Gasteiger partial charge in [0.2, 0.25) is 6.41 Å². The first-order chi connectivity index (χ1) is 17.9. The van der Waals surface area contributed by atoms with Crippen molar-refractivity contribution in [1.29, 1.82) is 0 Å². The summed E-state index contributed by atoms with van der Waals surface area (Å²) in [4.78, 5) is 64.8. The highest BCUT2D eigenvalue weighted by atomic mass is 16.6. The summed E-state index contributed by atoms with van der Waals surface area (Å²) < 4.78 is 11.5. The molecule has 0 aromatic heterocycles. The zero-order valence-corrected chi connectivity index (χ0v) is 23.1. The summed E-state index contributed by atoms with van der Waals surface area (Å²) >= 11 is 0. The van der Waals surface area contributed by atoms with Crippen LogP contribution in [0, 0.1) is 17.8 Å². The van der Waals surface area contributed by atoms with Gasteiger partial charge in [0.15, 0.2) is 11.8 Å². The number of phenols is 1. The number of cyclic esters (lactones) is 2. The van der Waals surface area contributed by atoms with Gasteiger partial charge in [-0.3, -0.25) is 19.2 Å². The number of ketones is 1. The Balaban J connectivity index is 2.42. The smallest absolute Gasteiger partial charge is 0.333 e. The number of hydrogen-bond acceptors (Lipinski definition) is 8. The molecular formula is C28H40N2O8. The van der Waals surface area contributed by atoms with Gasteiger partial charge < -0.3 is 24.8 Å². The van der Waals surface area contributed by atoms with E-state index in [1.807, 2.05) is 20.8 Å². The average molecular weight is 533 g/mol. The minimum atomic E-state index is -1.31. The van der Waals surface area contributed by atoms with Crippen molar-refractivity contribution in [2.75, 3.05) is 12.4 Å². The Hall–Kier alpha value is -3.43. The molecule has 1 aliphatic rings.